The summed E-state index contributed by atoms with van der Waals surface area (Å²) in [5, 5.41) is 5.65. The second-order valence-corrected chi connectivity index (χ2v) is 8.13. The smallest absolute Gasteiger partial charge is 0.333 e. The highest BCUT2D eigenvalue weighted by atomic mass is 32.1. The Bertz CT molecular complexity index is 594. The molecular weight excluding hydrogens is 404 g/mol. The molecule has 0 aliphatic carbocycles. The Kier molecular flexibility index (Phi) is 13.8. The predicted octanol–water partition coefficient (Wildman–Crippen LogP) is 3.70. The van der Waals surface area contributed by atoms with Gasteiger partial charge in [0, 0.05) is 12.0 Å². The molecule has 2 N–H and O–H groups in total. The molecule has 1 fully saturated rings. The zero-order chi connectivity index (χ0) is 22.2. The summed E-state index contributed by atoms with van der Waals surface area (Å²) in [6, 6.07) is -0.427. The highest BCUT2D eigenvalue weighted by Gasteiger charge is 2.27. The first-order valence-corrected chi connectivity index (χ1v) is 11.4. The molecule has 1 rings (SSSR count). The zero-order valence-corrected chi connectivity index (χ0v) is 18.9. The number of esters is 2. The van der Waals surface area contributed by atoms with Crippen LogP contribution < -0.4 is 10.6 Å². The van der Waals surface area contributed by atoms with Crippen LogP contribution in [0.4, 0.5) is 0 Å². The standard InChI is InChI=1S/C22H36N2O5S/c1-17(2)21(27)29-16-12-10-8-6-4-3-5-7-9-11-15-28-19(25)14-13-18-20(26)24-22(30)23-18/h18H,1,3-16H2,2H3,(H2,23,24,26,30). The van der Waals surface area contributed by atoms with E-state index in [4.69, 9.17) is 21.7 Å². The molecular formula is C22H36N2O5S. The lowest BCUT2D eigenvalue weighted by Gasteiger charge is -2.08. The number of rotatable bonds is 17. The first-order valence-electron chi connectivity index (χ1n) is 11.0. The van der Waals surface area contributed by atoms with Crippen LogP contribution in [0.5, 0.6) is 0 Å². The van der Waals surface area contributed by atoms with E-state index in [0.29, 0.717) is 30.3 Å². The number of unbranched alkanes of at least 4 members (excludes halogenated alkanes) is 9. The van der Waals surface area contributed by atoms with E-state index >= 15 is 0 Å². The Hall–Kier alpha value is -1.96. The van der Waals surface area contributed by atoms with E-state index in [0.717, 1.165) is 32.1 Å². The van der Waals surface area contributed by atoms with Crippen LogP contribution in [-0.2, 0) is 23.9 Å². The van der Waals surface area contributed by atoms with Crippen LogP contribution >= 0.6 is 12.2 Å². The second kappa shape index (κ2) is 15.8. The van der Waals surface area contributed by atoms with E-state index in [1.807, 2.05) is 0 Å². The van der Waals surface area contributed by atoms with Crippen molar-refractivity contribution in [1.82, 2.24) is 10.6 Å². The molecule has 30 heavy (non-hydrogen) atoms. The SMILES string of the molecule is C=C(C)C(=O)OCCCCCCCCCCCCOC(=O)CCC1NC(=S)NC1=O. The van der Waals surface area contributed by atoms with E-state index in [-0.39, 0.29) is 24.3 Å². The predicted molar refractivity (Wildman–Crippen MR) is 120 cm³/mol. The summed E-state index contributed by atoms with van der Waals surface area (Å²) in [5.74, 6) is -0.751. The summed E-state index contributed by atoms with van der Waals surface area (Å²) in [4.78, 5) is 34.4. The molecule has 8 heteroatoms. The van der Waals surface area contributed by atoms with Crippen molar-refractivity contribution >= 4 is 35.2 Å². The summed E-state index contributed by atoms with van der Waals surface area (Å²) < 4.78 is 10.3. The molecule has 170 valence electrons. The number of carbonyl (C=O) groups excluding carboxylic acids is 3. The van der Waals surface area contributed by atoms with Gasteiger partial charge in [-0.15, -0.1) is 0 Å². The minimum Gasteiger partial charge on any atom is -0.466 e. The molecule has 1 unspecified atom stereocenters. The summed E-state index contributed by atoms with van der Waals surface area (Å²) >= 11 is 4.86. The third-order valence-corrected chi connectivity index (χ3v) is 5.10. The van der Waals surface area contributed by atoms with E-state index in [1.165, 1.54) is 32.1 Å². The number of hydrogen-bond acceptors (Lipinski definition) is 6. The van der Waals surface area contributed by atoms with Gasteiger partial charge < -0.3 is 20.1 Å². The molecule has 1 amide bonds. The number of hydrogen-bond donors (Lipinski definition) is 2. The van der Waals surface area contributed by atoms with Crippen LogP contribution in [0.25, 0.3) is 0 Å². The average molecular weight is 441 g/mol. The molecule has 0 aromatic rings. The third kappa shape index (κ3) is 12.6. The van der Waals surface area contributed by atoms with Gasteiger partial charge in [-0.3, -0.25) is 9.59 Å². The van der Waals surface area contributed by atoms with Crippen molar-refractivity contribution in [3.05, 3.63) is 12.2 Å². The van der Waals surface area contributed by atoms with Gasteiger partial charge in [-0.05, 0) is 38.4 Å². The highest BCUT2D eigenvalue weighted by molar-refractivity contribution is 7.80. The second-order valence-electron chi connectivity index (χ2n) is 7.73. The molecule has 0 aromatic carbocycles. The van der Waals surface area contributed by atoms with Crippen LogP contribution in [0.2, 0.25) is 0 Å². The van der Waals surface area contributed by atoms with Gasteiger partial charge in [-0.25, -0.2) is 4.79 Å². The maximum Gasteiger partial charge on any atom is 0.333 e. The first kappa shape index (κ1) is 26.1. The molecule has 0 spiro atoms. The highest BCUT2D eigenvalue weighted by Crippen LogP contribution is 2.11. The molecule has 0 saturated carbocycles. The molecule has 1 saturated heterocycles. The summed E-state index contributed by atoms with van der Waals surface area (Å²) in [6.45, 7) is 6.14. The van der Waals surface area contributed by atoms with Gasteiger partial charge in [0.15, 0.2) is 5.11 Å². The molecule has 1 atom stereocenters. The van der Waals surface area contributed by atoms with E-state index in [1.54, 1.807) is 6.92 Å². The lowest BCUT2D eigenvalue weighted by atomic mass is 10.1. The largest absolute Gasteiger partial charge is 0.466 e. The molecule has 1 aliphatic rings. The zero-order valence-electron chi connectivity index (χ0n) is 18.1. The maximum atomic E-state index is 11.7. The number of amides is 1. The number of carbonyl (C=O) groups is 3. The Morgan fingerprint density at radius 2 is 1.43 bits per heavy atom. The van der Waals surface area contributed by atoms with Crippen molar-refractivity contribution in [2.45, 2.75) is 90.0 Å². The minimum atomic E-state index is -0.427. The van der Waals surface area contributed by atoms with Crippen molar-refractivity contribution in [2.24, 2.45) is 0 Å². The van der Waals surface area contributed by atoms with Crippen molar-refractivity contribution in [3.63, 3.8) is 0 Å². The monoisotopic (exact) mass is 440 g/mol. The Morgan fingerprint density at radius 3 is 1.90 bits per heavy atom. The van der Waals surface area contributed by atoms with Gasteiger partial charge in [0.05, 0.1) is 13.2 Å². The molecule has 0 radical (unpaired) electrons. The molecule has 7 nitrogen and oxygen atoms in total. The van der Waals surface area contributed by atoms with E-state index in [2.05, 4.69) is 17.2 Å². The van der Waals surface area contributed by atoms with Gasteiger partial charge in [-0.2, -0.15) is 0 Å². The van der Waals surface area contributed by atoms with Gasteiger partial charge in [0.25, 0.3) is 0 Å². The van der Waals surface area contributed by atoms with Crippen molar-refractivity contribution in [2.75, 3.05) is 13.2 Å². The average Bonchev–Trinajstić information content (AvgIpc) is 3.03. The normalized spacial score (nSPS) is 15.4. The quantitative estimate of drug-likeness (QED) is 0.154. The molecule has 0 bridgehead atoms. The van der Waals surface area contributed by atoms with Crippen LogP contribution in [0, 0.1) is 0 Å². The first-order chi connectivity index (χ1) is 14.4. The van der Waals surface area contributed by atoms with Crippen molar-refractivity contribution in [1.29, 1.82) is 0 Å². The van der Waals surface area contributed by atoms with Crippen LogP contribution in [0.3, 0.4) is 0 Å². The van der Waals surface area contributed by atoms with Crippen LogP contribution in [-0.4, -0.2) is 42.2 Å². The fourth-order valence-corrected chi connectivity index (χ4v) is 3.33. The summed E-state index contributed by atoms with van der Waals surface area (Å²) in [7, 11) is 0. The number of thiocarbonyl (C=S) groups is 1. The van der Waals surface area contributed by atoms with Crippen LogP contribution in [0.15, 0.2) is 12.2 Å². The van der Waals surface area contributed by atoms with Gasteiger partial charge in [0.2, 0.25) is 5.91 Å². The summed E-state index contributed by atoms with van der Waals surface area (Å²) in [5.41, 5.74) is 0.450. The summed E-state index contributed by atoms with van der Waals surface area (Å²) in [6.07, 6.45) is 11.7. The van der Waals surface area contributed by atoms with E-state index < -0.39 is 6.04 Å². The lowest BCUT2D eigenvalue weighted by Crippen LogP contribution is -2.29. The van der Waals surface area contributed by atoms with Gasteiger partial charge >= 0.3 is 11.9 Å². The van der Waals surface area contributed by atoms with Crippen LogP contribution in [0.1, 0.15) is 84.0 Å². The lowest BCUT2D eigenvalue weighted by molar-refractivity contribution is -0.144. The Morgan fingerprint density at radius 1 is 0.933 bits per heavy atom. The topological polar surface area (TPSA) is 93.7 Å². The Balaban J connectivity index is 1.80. The van der Waals surface area contributed by atoms with Crippen molar-refractivity contribution < 1.29 is 23.9 Å². The number of nitrogens with one attached hydrogen (secondary N) is 2. The van der Waals surface area contributed by atoms with E-state index in [9.17, 15) is 14.4 Å². The van der Waals surface area contributed by atoms with Gasteiger partial charge in [0.1, 0.15) is 6.04 Å². The fourth-order valence-electron chi connectivity index (χ4n) is 3.09. The number of ether oxygens (including phenoxy) is 2. The molecule has 0 aromatic heterocycles. The maximum absolute atomic E-state index is 11.7. The minimum absolute atomic E-state index is 0.183. The molecule has 1 aliphatic heterocycles. The fraction of sp³-hybridized carbons (Fsp3) is 0.727. The Labute approximate surface area is 185 Å². The third-order valence-electron chi connectivity index (χ3n) is 4.88. The van der Waals surface area contributed by atoms with Gasteiger partial charge in [-0.1, -0.05) is 57.9 Å². The molecule has 1 heterocycles. The van der Waals surface area contributed by atoms with Crippen molar-refractivity contribution in [3.8, 4) is 0 Å².